The third kappa shape index (κ3) is 3.71. The van der Waals surface area contributed by atoms with Crippen molar-refractivity contribution in [2.45, 2.75) is 45.4 Å². The molecule has 0 radical (unpaired) electrons. The zero-order valence-corrected chi connectivity index (χ0v) is 17.8. The minimum absolute atomic E-state index is 0.0478. The maximum atomic E-state index is 13.0. The summed E-state index contributed by atoms with van der Waals surface area (Å²) >= 11 is 0. The van der Waals surface area contributed by atoms with E-state index in [4.69, 9.17) is 4.52 Å². The summed E-state index contributed by atoms with van der Waals surface area (Å²) < 4.78 is 32.7. The van der Waals surface area contributed by atoms with Crippen molar-refractivity contribution in [1.82, 2.24) is 14.4 Å². The molecule has 2 aromatic rings. The summed E-state index contributed by atoms with van der Waals surface area (Å²) in [5.41, 5.74) is 3.07. The van der Waals surface area contributed by atoms with Gasteiger partial charge in [0.1, 0.15) is 5.56 Å². The molecule has 0 atom stereocenters. The predicted molar refractivity (Wildman–Crippen MR) is 106 cm³/mol. The lowest BCUT2D eigenvalue weighted by atomic mass is 10.0. The summed E-state index contributed by atoms with van der Waals surface area (Å²) in [6.45, 7) is 10.7. The van der Waals surface area contributed by atoms with Gasteiger partial charge in [-0.15, -0.1) is 0 Å². The number of carbonyl (C=O) groups excluding carboxylic acids is 1. The summed E-state index contributed by atoms with van der Waals surface area (Å²) in [6.07, 6.45) is 0. The summed E-state index contributed by atoms with van der Waals surface area (Å²) in [5, 5.41) is 3.93. The van der Waals surface area contributed by atoms with Crippen molar-refractivity contribution in [3.63, 3.8) is 0 Å². The number of carbonyl (C=O) groups is 1. The third-order valence-electron chi connectivity index (χ3n) is 5.27. The van der Waals surface area contributed by atoms with Gasteiger partial charge in [-0.05, 0) is 44.0 Å². The van der Waals surface area contributed by atoms with Gasteiger partial charge in [-0.2, -0.15) is 4.31 Å². The van der Waals surface area contributed by atoms with E-state index in [-0.39, 0.29) is 24.9 Å². The first-order chi connectivity index (χ1) is 13.1. The van der Waals surface area contributed by atoms with Crippen LogP contribution in [0.15, 0.2) is 27.6 Å². The molecule has 1 aromatic carbocycles. The second-order valence-electron chi connectivity index (χ2n) is 7.60. The maximum Gasteiger partial charge on any atom is 0.259 e. The highest BCUT2D eigenvalue weighted by molar-refractivity contribution is 7.89. The van der Waals surface area contributed by atoms with Crippen LogP contribution in [0.1, 0.15) is 52.7 Å². The van der Waals surface area contributed by atoms with Crippen LogP contribution < -0.4 is 0 Å². The minimum atomic E-state index is -3.57. The summed E-state index contributed by atoms with van der Waals surface area (Å²) in [7, 11) is -3.57. The fraction of sp³-hybridized carbons (Fsp3) is 0.500. The van der Waals surface area contributed by atoms with E-state index in [1.165, 1.54) is 4.31 Å². The monoisotopic (exact) mass is 405 g/mol. The number of amides is 1. The molecule has 1 fully saturated rings. The normalized spacial score (nSPS) is 16.0. The largest absolute Gasteiger partial charge is 0.360 e. The Balaban J connectivity index is 1.75. The number of hydrogen-bond donors (Lipinski definition) is 0. The van der Waals surface area contributed by atoms with Crippen LogP contribution in [0.4, 0.5) is 0 Å². The Kier molecular flexibility index (Phi) is 5.63. The molecule has 0 aliphatic carbocycles. The SMILES string of the molecule is Cc1ccc(S(=O)(=O)N2CCN(C(=O)c3c(C)noc3C(C)C)CC2)cc1C. The molecule has 1 aliphatic heterocycles. The highest BCUT2D eigenvalue weighted by atomic mass is 32.2. The van der Waals surface area contributed by atoms with Crippen molar-refractivity contribution in [2.75, 3.05) is 26.2 Å². The number of piperazine rings is 1. The van der Waals surface area contributed by atoms with Crippen LogP contribution in [0, 0.1) is 20.8 Å². The number of benzene rings is 1. The first-order valence-electron chi connectivity index (χ1n) is 9.45. The molecule has 2 heterocycles. The number of sulfonamides is 1. The fourth-order valence-electron chi connectivity index (χ4n) is 3.35. The van der Waals surface area contributed by atoms with Crippen molar-refractivity contribution in [2.24, 2.45) is 0 Å². The van der Waals surface area contributed by atoms with Gasteiger partial charge in [-0.3, -0.25) is 4.79 Å². The molecule has 1 aromatic heterocycles. The molecule has 0 unspecified atom stereocenters. The van der Waals surface area contributed by atoms with Crippen LogP contribution in [0.3, 0.4) is 0 Å². The number of rotatable bonds is 4. The van der Waals surface area contributed by atoms with Gasteiger partial charge in [0.05, 0.1) is 10.6 Å². The standard InChI is InChI=1S/C20H27N3O4S/c1-13(2)19-18(16(5)21-27-19)20(24)22-8-10-23(11-9-22)28(25,26)17-7-6-14(3)15(4)12-17/h6-7,12-13H,8-11H2,1-5H3. The van der Waals surface area contributed by atoms with Crippen molar-refractivity contribution in [1.29, 1.82) is 0 Å². The van der Waals surface area contributed by atoms with Crippen LogP contribution in [-0.4, -0.2) is 54.9 Å². The van der Waals surface area contributed by atoms with E-state index in [2.05, 4.69) is 5.16 Å². The first kappa shape index (κ1) is 20.5. The topological polar surface area (TPSA) is 83.7 Å². The van der Waals surface area contributed by atoms with Crippen LogP contribution in [0.2, 0.25) is 0 Å². The van der Waals surface area contributed by atoms with E-state index in [1.807, 2.05) is 33.8 Å². The molecule has 0 bridgehead atoms. The minimum Gasteiger partial charge on any atom is -0.360 e. The zero-order chi connectivity index (χ0) is 20.6. The van der Waals surface area contributed by atoms with Gasteiger partial charge in [0, 0.05) is 32.1 Å². The van der Waals surface area contributed by atoms with Gasteiger partial charge in [-0.25, -0.2) is 8.42 Å². The van der Waals surface area contributed by atoms with E-state index in [1.54, 1.807) is 24.0 Å². The van der Waals surface area contributed by atoms with E-state index < -0.39 is 10.0 Å². The predicted octanol–water partition coefficient (Wildman–Crippen LogP) is 2.87. The average Bonchev–Trinajstić information content (AvgIpc) is 3.05. The summed E-state index contributed by atoms with van der Waals surface area (Å²) in [6, 6.07) is 5.17. The van der Waals surface area contributed by atoms with Gasteiger partial charge < -0.3 is 9.42 Å². The Hall–Kier alpha value is -2.19. The highest BCUT2D eigenvalue weighted by Crippen LogP contribution is 2.25. The fourth-order valence-corrected chi connectivity index (χ4v) is 4.86. The van der Waals surface area contributed by atoms with E-state index in [0.29, 0.717) is 35.0 Å². The quantitative estimate of drug-likeness (QED) is 0.781. The van der Waals surface area contributed by atoms with Crippen LogP contribution in [0.25, 0.3) is 0 Å². The van der Waals surface area contributed by atoms with Gasteiger partial charge in [0.2, 0.25) is 10.0 Å². The van der Waals surface area contributed by atoms with Crippen molar-refractivity contribution < 1.29 is 17.7 Å². The van der Waals surface area contributed by atoms with Crippen LogP contribution in [-0.2, 0) is 10.0 Å². The smallest absolute Gasteiger partial charge is 0.259 e. The van der Waals surface area contributed by atoms with Crippen molar-refractivity contribution in [3.8, 4) is 0 Å². The van der Waals surface area contributed by atoms with Crippen LogP contribution in [0.5, 0.6) is 0 Å². The average molecular weight is 406 g/mol. The highest BCUT2D eigenvalue weighted by Gasteiger charge is 2.33. The lowest BCUT2D eigenvalue weighted by Crippen LogP contribution is -2.50. The Bertz CT molecular complexity index is 987. The Labute approximate surface area is 166 Å². The van der Waals surface area contributed by atoms with Crippen molar-refractivity contribution in [3.05, 3.63) is 46.3 Å². The Morgan fingerprint density at radius 1 is 1.07 bits per heavy atom. The molecule has 1 saturated heterocycles. The second kappa shape index (κ2) is 7.67. The van der Waals surface area contributed by atoms with E-state index in [0.717, 1.165) is 11.1 Å². The number of aromatic nitrogens is 1. The van der Waals surface area contributed by atoms with Gasteiger partial charge in [0.25, 0.3) is 5.91 Å². The molecular weight excluding hydrogens is 378 g/mol. The summed E-state index contributed by atoms with van der Waals surface area (Å²) in [5.74, 6) is 0.477. The number of aryl methyl sites for hydroxylation is 3. The molecule has 152 valence electrons. The third-order valence-corrected chi connectivity index (χ3v) is 7.16. The molecule has 0 saturated carbocycles. The van der Waals surface area contributed by atoms with Gasteiger partial charge in [0.15, 0.2) is 5.76 Å². The molecule has 3 rings (SSSR count). The number of hydrogen-bond acceptors (Lipinski definition) is 5. The maximum absolute atomic E-state index is 13.0. The lowest BCUT2D eigenvalue weighted by Gasteiger charge is -2.34. The second-order valence-corrected chi connectivity index (χ2v) is 9.54. The van der Waals surface area contributed by atoms with Gasteiger partial charge >= 0.3 is 0 Å². The molecular formula is C20H27N3O4S. The van der Waals surface area contributed by atoms with Crippen LogP contribution >= 0.6 is 0 Å². The van der Waals surface area contributed by atoms with Gasteiger partial charge in [-0.1, -0.05) is 25.1 Å². The molecule has 28 heavy (non-hydrogen) atoms. The molecule has 8 heteroatoms. The lowest BCUT2D eigenvalue weighted by molar-refractivity contribution is 0.0694. The first-order valence-corrected chi connectivity index (χ1v) is 10.9. The molecule has 1 aliphatic rings. The number of nitrogens with zero attached hydrogens (tertiary/aromatic N) is 3. The van der Waals surface area contributed by atoms with E-state index >= 15 is 0 Å². The molecule has 0 spiro atoms. The van der Waals surface area contributed by atoms with E-state index in [9.17, 15) is 13.2 Å². The Morgan fingerprint density at radius 3 is 2.29 bits per heavy atom. The molecule has 1 amide bonds. The Morgan fingerprint density at radius 2 is 1.71 bits per heavy atom. The summed E-state index contributed by atoms with van der Waals surface area (Å²) in [4.78, 5) is 15.0. The van der Waals surface area contributed by atoms with Crippen molar-refractivity contribution >= 4 is 15.9 Å². The molecule has 0 N–H and O–H groups in total. The molecule has 7 nitrogen and oxygen atoms in total. The zero-order valence-electron chi connectivity index (χ0n) is 17.0.